The number of thiocarbonyl (C=S) groups is 1. The first kappa shape index (κ1) is 25.4. The van der Waals surface area contributed by atoms with E-state index in [0.29, 0.717) is 23.6 Å². The molecular weight excluding hydrogens is 479 g/mol. The largest absolute Gasteiger partial charge is 0.497 e. The first-order valence-electron chi connectivity index (χ1n) is 11.6. The average molecular weight is 509 g/mol. The van der Waals surface area contributed by atoms with Crippen molar-refractivity contribution in [3.8, 4) is 11.5 Å². The van der Waals surface area contributed by atoms with E-state index in [9.17, 15) is 9.18 Å². The van der Waals surface area contributed by atoms with Crippen LogP contribution in [-0.2, 0) is 6.54 Å². The van der Waals surface area contributed by atoms with E-state index in [1.54, 1.807) is 24.3 Å². The quantitative estimate of drug-likeness (QED) is 0.462. The van der Waals surface area contributed by atoms with Gasteiger partial charge in [0.05, 0.1) is 14.2 Å². The molecule has 2 N–H and O–H groups in total. The average Bonchev–Trinajstić information content (AvgIpc) is 2.90. The summed E-state index contributed by atoms with van der Waals surface area (Å²) in [6, 6.07) is 19.8. The maximum atomic E-state index is 13.9. The highest BCUT2D eigenvalue weighted by molar-refractivity contribution is 7.80. The van der Waals surface area contributed by atoms with Gasteiger partial charge in [-0.3, -0.25) is 15.0 Å². The van der Waals surface area contributed by atoms with Crippen LogP contribution in [0.3, 0.4) is 0 Å². The molecule has 1 aliphatic heterocycles. The predicted molar refractivity (Wildman–Crippen MR) is 144 cm³/mol. The number of carbonyl (C=O) groups excluding carboxylic acids is 1. The van der Waals surface area contributed by atoms with Crippen LogP contribution in [-0.4, -0.2) is 56.3 Å². The van der Waals surface area contributed by atoms with Crippen molar-refractivity contribution in [2.45, 2.75) is 6.54 Å². The van der Waals surface area contributed by atoms with Crippen LogP contribution in [0.1, 0.15) is 15.9 Å². The molecule has 1 amide bonds. The van der Waals surface area contributed by atoms with Crippen molar-refractivity contribution in [3.05, 3.63) is 83.7 Å². The third kappa shape index (κ3) is 6.50. The van der Waals surface area contributed by atoms with Gasteiger partial charge in [-0.1, -0.05) is 18.2 Å². The molecule has 1 heterocycles. The lowest BCUT2D eigenvalue weighted by atomic mass is 10.1. The van der Waals surface area contributed by atoms with Crippen LogP contribution >= 0.6 is 12.2 Å². The molecule has 3 aromatic rings. The van der Waals surface area contributed by atoms with Crippen molar-refractivity contribution in [2.24, 2.45) is 0 Å². The Hall–Kier alpha value is -3.69. The van der Waals surface area contributed by atoms with Gasteiger partial charge in [0.15, 0.2) is 5.11 Å². The van der Waals surface area contributed by atoms with Crippen molar-refractivity contribution in [2.75, 3.05) is 50.6 Å². The number of methoxy groups -OCH3 is 2. The number of nitrogens with one attached hydrogen (secondary N) is 2. The molecule has 188 valence electrons. The van der Waals surface area contributed by atoms with E-state index in [1.165, 1.54) is 20.3 Å². The fourth-order valence-corrected chi connectivity index (χ4v) is 4.27. The summed E-state index contributed by atoms with van der Waals surface area (Å²) < 4.78 is 24.4. The highest BCUT2D eigenvalue weighted by atomic mass is 32.1. The van der Waals surface area contributed by atoms with Gasteiger partial charge in [0.25, 0.3) is 5.91 Å². The molecule has 0 unspecified atom stereocenters. The number of hydrogen-bond donors (Lipinski definition) is 2. The van der Waals surface area contributed by atoms with E-state index in [4.69, 9.17) is 21.7 Å². The molecule has 0 spiro atoms. The molecule has 3 aromatic carbocycles. The predicted octanol–water partition coefficient (Wildman–Crippen LogP) is 4.29. The maximum absolute atomic E-state index is 13.9. The molecule has 36 heavy (non-hydrogen) atoms. The fourth-order valence-electron chi connectivity index (χ4n) is 4.06. The number of ether oxygens (including phenoxy) is 2. The molecule has 0 radical (unpaired) electrons. The zero-order chi connectivity index (χ0) is 25.5. The molecule has 0 aliphatic carbocycles. The number of hydrogen-bond acceptors (Lipinski definition) is 6. The molecule has 1 aliphatic rings. The molecule has 1 saturated heterocycles. The second kappa shape index (κ2) is 11.8. The monoisotopic (exact) mass is 508 g/mol. The summed E-state index contributed by atoms with van der Waals surface area (Å²) in [6.45, 7) is 4.06. The van der Waals surface area contributed by atoms with E-state index < -0.39 is 0 Å². The second-order valence-electron chi connectivity index (χ2n) is 8.41. The summed E-state index contributed by atoms with van der Waals surface area (Å²) in [4.78, 5) is 17.2. The Balaban J connectivity index is 1.28. The van der Waals surface area contributed by atoms with Gasteiger partial charge in [0.1, 0.15) is 17.3 Å². The van der Waals surface area contributed by atoms with Crippen LogP contribution in [0.15, 0.2) is 66.7 Å². The molecule has 0 bridgehead atoms. The summed E-state index contributed by atoms with van der Waals surface area (Å²) in [6.07, 6.45) is 0. The number of halogens is 1. The van der Waals surface area contributed by atoms with Crippen LogP contribution in [0.5, 0.6) is 11.5 Å². The fraction of sp³-hybridized carbons (Fsp3) is 0.259. The van der Waals surface area contributed by atoms with E-state index >= 15 is 0 Å². The number of anilines is 2. The SMILES string of the molecule is COc1cc(OC)cc(C(=O)NC(=S)Nc2ccc(N3CCN(Cc4ccccc4F)CC3)cc2)c1. The van der Waals surface area contributed by atoms with Crippen molar-refractivity contribution in [1.29, 1.82) is 0 Å². The Kier molecular flexibility index (Phi) is 8.35. The van der Waals surface area contributed by atoms with Gasteiger partial charge in [0.2, 0.25) is 0 Å². The summed E-state index contributed by atoms with van der Waals surface area (Å²) in [5.74, 6) is 0.513. The number of nitrogens with zero attached hydrogens (tertiary/aromatic N) is 2. The van der Waals surface area contributed by atoms with Crippen molar-refractivity contribution in [3.63, 3.8) is 0 Å². The number of rotatable bonds is 7. The minimum absolute atomic E-state index is 0.152. The topological polar surface area (TPSA) is 66.1 Å². The highest BCUT2D eigenvalue weighted by Gasteiger charge is 2.18. The number of piperazine rings is 1. The minimum atomic E-state index is -0.366. The third-order valence-electron chi connectivity index (χ3n) is 6.06. The lowest BCUT2D eigenvalue weighted by Crippen LogP contribution is -2.46. The van der Waals surface area contributed by atoms with E-state index in [0.717, 1.165) is 43.1 Å². The molecule has 7 nitrogen and oxygen atoms in total. The van der Waals surface area contributed by atoms with Crippen LogP contribution in [0.2, 0.25) is 0 Å². The number of carbonyl (C=O) groups is 1. The summed E-state index contributed by atoms with van der Waals surface area (Å²) >= 11 is 5.32. The molecule has 0 atom stereocenters. The zero-order valence-electron chi connectivity index (χ0n) is 20.3. The van der Waals surface area contributed by atoms with Crippen molar-refractivity contribution >= 4 is 34.6 Å². The second-order valence-corrected chi connectivity index (χ2v) is 8.82. The lowest BCUT2D eigenvalue weighted by molar-refractivity contribution is 0.0977. The Morgan fingerprint density at radius 1 is 0.944 bits per heavy atom. The first-order chi connectivity index (χ1) is 17.4. The Morgan fingerprint density at radius 2 is 1.58 bits per heavy atom. The molecular formula is C27H29FN4O3S. The minimum Gasteiger partial charge on any atom is -0.497 e. The standard InChI is InChI=1S/C27H29FN4O3S/c1-34-23-15-20(16-24(17-23)35-2)26(33)30-27(36)29-21-7-9-22(10-8-21)32-13-11-31(12-14-32)18-19-5-3-4-6-25(19)28/h3-10,15-17H,11-14,18H2,1-2H3,(H2,29,30,33,36). The molecule has 0 saturated carbocycles. The molecule has 1 fully saturated rings. The summed E-state index contributed by atoms with van der Waals surface area (Å²) in [5, 5.41) is 5.92. The van der Waals surface area contributed by atoms with Gasteiger partial charge in [-0.2, -0.15) is 0 Å². The van der Waals surface area contributed by atoms with Crippen LogP contribution in [0.25, 0.3) is 0 Å². The number of amides is 1. The Labute approximate surface area is 215 Å². The van der Waals surface area contributed by atoms with E-state index in [1.807, 2.05) is 36.4 Å². The Morgan fingerprint density at radius 3 is 2.19 bits per heavy atom. The van der Waals surface area contributed by atoms with E-state index in [-0.39, 0.29) is 16.8 Å². The van der Waals surface area contributed by atoms with Crippen LogP contribution in [0.4, 0.5) is 15.8 Å². The number of benzene rings is 3. The smallest absolute Gasteiger partial charge is 0.257 e. The van der Waals surface area contributed by atoms with Gasteiger partial charge in [-0.05, 0) is 54.7 Å². The zero-order valence-corrected chi connectivity index (χ0v) is 21.1. The van der Waals surface area contributed by atoms with Gasteiger partial charge < -0.3 is 19.7 Å². The van der Waals surface area contributed by atoms with Crippen LogP contribution in [0, 0.1) is 5.82 Å². The van der Waals surface area contributed by atoms with Gasteiger partial charge in [-0.15, -0.1) is 0 Å². The van der Waals surface area contributed by atoms with Gasteiger partial charge in [0, 0.05) is 61.3 Å². The Bertz CT molecular complexity index is 1190. The molecule has 0 aromatic heterocycles. The van der Waals surface area contributed by atoms with Crippen LogP contribution < -0.4 is 25.0 Å². The van der Waals surface area contributed by atoms with Gasteiger partial charge >= 0.3 is 0 Å². The van der Waals surface area contributed by atoms with Crippen molar-refractivity contribution < 1.29 is 18.7 Å². The normalized spacial score (nSPS) is 13.7. The highest BCUT2D eigenvalue weighted by Crippen LogP contribution is 2.23. The molecule has 4 rings (SSSR count). The molecule has 9 heteroatoms. The summed E-state index contributed by atoms with van der Waals surface area (Å²) in [7, 11) is 3.05. The third-order valence-corrected chi connectivity index (χ3v) is 6.26. The van der Waals surface area contributed by atoms with E-state index in [2.05, 4.69) is 20.4 Å². The van der Waals surface area contributed by atoms with Gasteiger partial charge in [-0.25, -0.2) is 4.39 Å². The maximum Gasteiger partial charge on any atom is 0.257 e. The lowest BCUT2D eigenvalue weighted by Gasteiger charge is -2.36. The van der Waals surface area contributed by atoms with Crippen molar-refractivity contribution in [1.82, 2.24) is 10.2 Å². The summed E-state index contributed by atoms with van der Waals surface area (Å²) in [5.41, 5.74) is 2.98. The first-order valence-corrected chi connectivity index (χ1v) is 12.0.